The molecule has 5 heteroatoms. The van der Waals surface area contributed by atoms with Crippen molar-refractivity contribution in [3.8, 4) is 0 Å². The lowest BCUT2D eigenvalue weighted by molar-refractivity contribution is -0.120. The number of nitrogens with zero attached hydrogens (tertiary/aromatic N) is 2. The monoisotopic (exact) mass is 339 g/mol. The number of nitrogens with one attached hydrogen (secondary N) is 1. The quantitative estimate of drug-likeness (QED) is 0.697. The SMILES string of the molecule is CC(C)Sc1ccc(CC(=O)NCc2cc3ccccn3n2)cc1. The van der Waals surface area contributed by atoms with E-state index in [-0.39, 0.29) is 5.91 Å². The Kier molecular flexibility index (Phi) is 5.20. The van der Waals surface area contributed by atoms with Crippen LogP contribution in [0.5, 0.6) is 0 Å². The van der Waals surface area contributed by atoms with Gasteiger partial charge in [-0.2, -0.15) is 5.10 Å². The lowest BCUT2D eigenvalue weighted by atomic mass is 10.1. The molecule has 24 heavy (non-hydrogen) atoms. The van der Waals surface area contributed by atoms with Crippen molar-refractivity contribution in [1.82, 2.24) is 14.9 Å². The number of amides is 1. The Morgan fingerprint density at radius 3 is 2.71 bits per heavy atom. The molecule has 0 aliphatic rings. The summed E-state index contributed by atoms with van der Waals surface area (Å²) in [5.74, 6) is 0.0105. The van der Waals surface area contributed by atoms with Crippen molar-refractivity contribution in [2.75, 3.05) is 0 Å². The Bertz CT molecular complexity index is 791. The smallest absolute Gasteiger partial charge is 0.224 e. The van der Waals surface area contributed by atoms with Crippen LogP contribution in [0.15, 0.2) is 59.6 Å². The van der Waals surface area contributed by atoms with Gasteiger partial charge in [0.05, 0.1) is 24.2 Å². The summed E-state index contributed by atoms with van der Waals surface area (Å²) in [5.41, 5.74) is 2.91. The van der Waals surface area contributed by atoms with Crippen LogP contribution in [-0.2, 0) is 17.8 Å². The van der Waals surface area contributed by atoms with Gasteiger partial charge < -0.3 is 5.32 Å². The molecule has 0 saturated heterocycles. The molecule has 0 atom stereocenters. The number of carbonyl (C=O) groups is 1. The van der Waals surface area contributed by atoms with Gasteiger partial charge in [0.2, 0.25) is 5.91 Å². The number of pyridine rings is 1. The molecule has 0 bridgehead atoms. The third kappa shape index (κ3) is 4.38. The van der Waals surface area contributed by atoms with Gasteiger partial charge in [-0.25, -0.2) is 4.52 Å². The van der Waals surface area contributed by atoms with Crippen LogP contribution in [-0.4, -0.2) is 20.8 Å². The van der Waals surface area contributed by atoms with Crippen molar-refractivity contribution >= 4 is 23.2 Å². The molecule has 1 N–H and O–H groups in total. The van der Waals surface area contributed by atoms with Gasteiger partial charge in [0, 0.05) is 16.3 Å². The highest BCUT2D eigenvalue weighted by molar-refractivity contribution is 7.99. The highest BCUT2D eigenvalue weighted by Crippen LogP contribution is 2.22. The van der Waals surface area contributed by atoms with Gasteiger partial charge in [0.1, 0.15) is 0 Å². The van der Waals surface area contributed by atoms with E-state index in [9.17, 15) is 4.79 Å². The first-order chi connectivity index (χ1) is 11.6. The zero-order valence-corrected chi connectivity index (χ0v) is 14.7. The summed E-state index contributed by atoms with van der Waals surface area (Å²) in [5, 5.41) is 7.93. The number of rotatable bonds is 6. The number of fused-ring (bicyclic) bond motifs is 1. The van der Waals surface area contributed by atoms with Crippen molar-refractivity contribution in [2.45, 2.75) is 37.0 Å². The average Bonchev–Trinajstić information content (AvgIpc) is 2.97. The Hall–Kier alpha value is -2.27. The predicted octanol–water partition coefficient (Wildman–Crippen LogP) is 3.69. The summed E-state index contributed by atoms with van der Waals surface area (Å²) < 4.78 is 1.81. The fourth-order valence-electron chi connectivity index (χ4n) is 2.47. The van der Waals surface area contributed by atoms with Crippen molar-refractivity contribution in [1.29, 1.82) is 0 Å². The standard InChI is InChI=1S/C19H21N3OS/c1-14(2)24-18-8-6-15(7-9-18)11-19(23)20-13-16-12-17-5-3-4-10-22(17)21-16/h3-10,12,14H,11,13H2,1-2H3,(H,20,23). The van der Waals surface area contributed by atoms with Gasteiger partial charge in [0.15, 0.2) is 0 Å². The van der Waals surface area contributed by atoms with Crippen molar-refractivity contribution in [3.63, 3.8) is 0 Å². The zero-order chi connectivity index (χ0) is 16.9. The lowest BCUT2D eigenvalue weighted by Gasteiger charge is -2.07. The molecule has 0 fully saturated rings. The molecule has 0 saturated carbocycles. The van der Waals surface area contributed by atoms with Crippen molar-refractivity contribution in [3.05, 3.63) is 66.0 Å². The topological polar surface area (TPSA) is 46.4 Å². The summed E-state index contributed by atoms with van der Waals surface area (Å²) >= 11 is 1.82. The van der Waals surface area contributed by atoms with Crippen LogP contribution >= 0.6 is 11.8 Å². The van der Waals surface area contributed by atoms with E-state index in [1.807, 2.05) is 58.9 Å². The van der Waals surface area contributed by atoms with Gasteiger partial charge in [-0.15, -0.1) is 11.8 Å². The normalized spacial score (nSPS) is 11.1. The molecule has 4 nitrogen and oxygen atoms in total. The van der Waals surface area contributed by atoms with E-state index >= 15 is 0 Å². The van der Waals surface area contributed by atoms with E-state index in [2.05, 4.69) is 36.4 Å². The van der Waals surface area contributed by atoms with Crippen molar-refractivity contribution in [2.24, 2.45) is 0 Å². The van der Waals surface area contributed by atoms with E-state index in [0.29, 0.717) is 18.2 Å². The fraction of sp³-hybridized carbons (Fsp3) is 0.263. The van der Waals surface area contributed by atoms with E-state index in [1.165, 1.54) is 4.90 Å². The molecule has 3 aromatic rings. The first kappa shape index (κ1) is 16.6. The lowest BCUT2D eigenvalue weighted by Crippen LogP contribution is -2.24. The van der Waals surface area contributed by atoms with Gasteiger partial charge in [-0.05, 0) is 35.9 Å². The zero-order valence-electron chi connectivity index (χ0n) is 13.9. The Morgan fingerprint density at radius 1 is 1.21 bits per heavy atom. The second kappa shape index (κ2) is 7.53. The summed E-state index contributed by atoms with van der Waals surface area (Å²) in [7, 11) is 0. The van der Waals surface area contributed by atoms with Crippen LogP contribution in [0.3, 0.4) is 0 Å². The number of carbonyl (C=O) groups excluding carboxylic acids is 1. The first-order valence-corrected chi connectivity index (χ1v) is 8.94. The maximum absolute atomic E-state index is 12.1. The summed E-state index contributed by atoms with van der Waals surface area (Å²) in [6, 6.07) is 16.1. The highest BCUT2D eigenvalue weighted by Gasteiger charge is 2.06. The second-order valence-corrected chi connectivity index (χ2v) is 7.62. The molecular formula is C19H21N3OS. The summed E-state index contributed by atoms with van der Waals surface area (Å²) in [6.07, 6.45) is 2.29. The number of hydrogen-bond acceptors (Lipinski definition) is 3. The summed E-state index contributed by atoms with van der Waals surface area (Å²) in [4.78, 5) is 13.3. The van der Waals surface area contributed by atoms with E-state index in [1.54, 1.807) is 0 Å². The average molecular weight is 339 g/mol. The van der Waals surface area contributed by atoms with E-state index < -0.39 is 0 Å². The molecule has 124 valence electrons. The molecule has 1 aromatic carbocycles. The van der Waals surface area contributed by atoms with Gasteiger partial charge in [-0.3, -0.25) is 4.79 Å². The Morgan fingerprint density at radius 2 is 2.00 bits per heavy atom. The molecule has 0 radical (unpaired) electrons. The largest absolute Gasteiger partial charge is 0.350 e. The predicted molar refractivity (Wildman–Crippen MR) is 98.2 cm³/mol. The molecule has 2 aromatic heterocycles. The van der Waals surface area contributed by atoms with Crippen LogP contribution in [0.2, 0.25) is 0 Å². The van der Waals surface area contributed by atoms with Crippen LogP contribution in [0, 0.1) is 0 Å². The molecule has 0 aliphatic heterocycles. The van der Waals surface area contributed by atoms with Crippen LogP contribution in [0.4, 0.5) is 0 Å². The van der Waals surface area contributed by atoms with Crippen LogP contribution in [0.1, 0.15) is 25.1 Å². The molecule has 2 heterocycles. The maximum Gasteiger partial charge on any atom is 0.224 e. The molecule has 0 spiro atoms. The number of benzene rings is 1. The number of aromatic nitrogens is 2. The van der Waals surface area contributed by atoms with Gasteiger partial charge >= 0.3 is 0 Å². The highest BCUT2D eigenvalue weighted by atomic mass is 32.2. The molecule has 0 unspecified atom stereocenters. The minimum Gasteiger partial charge on any atom is -0.350 e. The molecule has 1 amide bonds. The fourth-order valence-corrected chi connectivity index (χ4v) is 3.31. The van der Waals surface area contributed by atoms with Gasteiger partial charge in [-0.1, -0.05) is 32.0 Å². The maximum atomic E-state index is 12.1. The number of hydrogen-bond donors (Lipinski definition) is 1. The minimum absolute atomic E-state index is 0.0105. The molecular weight excluding hydrogens is 318 g/mol. The van der Waals surface area contributed by atoms with Crippen molar-refractivity contribution < 1.29 is 4.79 Å². The second-order valence-electron chi connectivity index (χ2n) is 5.97. The number of thioether (sulfide) groups is 1. The Labute approximate surface area is 146 Å². The van der Waals surface area contributed by atoms with Crippen LogP contribution in [0.25, 0.3) is 5.52 Å². The summed E-state index contributed by atoms with van der Waals surface area (Å²) in [6.45, 7) is 4.79. The van der Waals surface area contributed by atoms with E-state index in [4.69, 9.17) is 0 Å². The first-order valence-electron chi connectivity index (χ1n) is 8.06. The van der Waals surface area contributed by atoms with Gasteiger partial charge in [0.25, 0.3) is 0 Å². The third-order valence-corrected chi connectivity index (χ3v) is 4.56. The molecule has 3 rings (SSSR count). The Balaban J connectivity index is 1.53. The van der Waals surface area contributed by atoms with Crippen LogP contribution < -0.4 is 5.32 Å². The minimum atomic E-state index is 0.0105. The van der Waals surface area contributed by atoms with E-state index in [0.717, 1.165) is 16.8 Å². The molecule has 0 aliphatic carbocycles. The third-order valence-electron chi connectivity index (χ3n) is 3.55.